The number of nitrogens with one attached hydrogen (secondary N) is 2. The van der Waals surface area contributed by atoms with Crippen LogP contribution in [0.4, 0.5) is 13.2 Å². The van der Waals surface area contributed by atoms with Gasteiger partial charge in [-0.15, -0.1) is 24.0 Å². The molecule has 2 fully saturated rings. The Morgan fingerprint density at radius 1 is 1.12 bits per heavy atom. The van der Waals surface area contributed by atoms with Crippen LogP contribution in [0.3, 0.4) is 0 Å². The molecule has 0 aromatic rings. The zero-order valence-corrected chi connectivity index (χ0v) is 16.7. The van der Waals surface area contributed by atoms with Crippen molar-refractivity contribution < 1.29 is 13.2 Å². The minimum Gasteiger partial charge on any atom is -0.356 e. The Bertz CT molecular complexity index is 384. The number of guanidine groups is 1. The Balaban J connectivity index is 0.00000288. The maximum atomic E-state index is 12.2. The molecular formula is C16H30F3IN4. The molecule has 1 heterocycles. The highest BCUT2D eigenvalue weighted by atomic mass is 127. The Kier molecular flexibility index (Phi) is 9.69. The van der Waals surface area contributed by atoms with E-state index in [2.05, 4.69) is 20.5 Å². The summed E-state index contributed by atoms with van der Waals surface area (Å²) in [5, 5.41) is 6.06. The normalized spacial score (nSPS) is 24.3. The summed E-state index contributed by atoms with van der Waals surface area (Å²) in [4.78, 5) is 6.61. The van der Waals surface area contributed by atoms with Crippen molar-refractivity contribution in [1.29, 1.82) is 0 Å². The minimum atomic E-state index is -4.13. The Labute approximate surface area is 160 Å². The first-order valence-electron chi connectivity index (χ1n) is 8.76. The van der Waals surface area contributed by atoms with Gasteiger partial charge in [0.1, 0.15) is 0 Å². The van der Waals surface area contributed by atoms with Crippen LogP contribution in [0.2, 0.25) is 0 Å². The molecule has 2 rings (SSSR count). The van der Waals surface area contributed by atoms with Gasteiger partial charge in [-0.05, 0) is 32.2 Å². The fourth-order valence-corrected chi connectivity index (χ4v) is 3.61. The fourth-order valence-electron chi connectivity index (χ4n) is 3.61. The van der Waals surface area contributed by atoms with Gasteiger partial charge < -0.3 is 10.6 Å². The molecule has 1 saturated heterocycles. The second kappa shape index (κ2) is 10.7. The predicted molar refractivity (Wildman–Crippen MR) is 102 cm³/mol. The average molecular weight is 462 g/mol. The van der Waals surface area contributed by atoms with Crippen LogP contribution in [0.1, 0.15) is 51.4 Å². The van der Waals surface area contributed by atoms with Gasteiger partial charge in [-0.25, -0.2) is 0 Å². The van der Waals surface area contributed by atoms with Gasteiger partial charge in [0.25, 0.3) is 0 Å². The van der Waals surface area contributed by atoms with Gasteiger partial charge in [0, 0.05) is 32.2 Å². The van der Waals surface area contributed by atoms with Crippen molar-refractivity contribution in [3.05, 3.63) is 0 Å². The summed E-state index contributed by atoms with van der Waals surface area (Å²) >= 11 is 0. The molecule has 142 valence electrons. The van der Waals surface area contributed by atoms with E-state index in [9.17, 15) is 13.2 Å². The van der Waals surface area contributed by atoms with Crippen LogP contribution in [-0.4, -0.2) is 55.8 Å². The van der Waals surface area contributed by atoms with Gasteiger partial charge in [0.05, 0.1) is 6.42 Å². The minimum absolute atomic E-state index is 0. The number of halogens is 4. The van der Waals surface area contributed by atoms with Crippen LogP contribution < -0.4 is 10.6 Å². The number of hydrogen-bond donors (Lipinski definition) is 2. The van der Waals surface area contributed by atoms with Gasteiger partial charge in [0.15, 0.2) is 5.96 Å². The molecule has 8 heteroatoms. The van der Waals surface area contributed by atoms with E-state index >= 15 is 0 Å². The molecule has 1 aliphatic carbocycles. The Morgan fingerprint density at radius 2 is 1.83 bits per heavy atom. The lowest BCUT2D eigenvalue weighted by molar-refractivity contribution is -0.132. The first kappa shape index (κ1) is 21.8. The predicted octanol–water partition coefficient (Wildman–Crippen LogP) is 3.52. The van der Waals surface area contributed by atoms with E-state index in [0.717, 1.165) is 25.9 Å². The monoisotopic (exact) mass is 462 g/mol. The fraction of sp³-hybridized carbons (Fsp3) is 0.938. The SMILES string of the molecule is CN=C(NCCC(F)(F)F)NC1CCCN(C2CCCCC2)C1.I. The zero-order valence-electron chi connectivity index (χ0n) is 14.4. The molecule has 2 aliphatic rings. The molecule has 0 amide bonds. The summed E-state index contributed by atoms with van der Waals surface area (Å²) in [6.07, 6.45) is 3.76. The molecule has 1 aliphatic heterocycles. The first-order chi connectivity index (χ1) is 11.0. The standard InChI is InChI=1S/C16H29F3N4.HI/c1-20-15(21-10-9-16(17,18)19)22-13-6-5-11-23(12-13)14-7-3-2-4-8-14;/h13-14H,2-12H2,1H3,(H2,20,21,22);1H. The number of alkyl halides is 3. The number of rotatable bonds is 4. The number of aliphatic imine (C=N–C) groups is 1. The quantitative estimate of drug-likeness (QED) is 0.382. The Hall–Kier alpha value is -0.250. The molecule has 0 bridgehead atoms. The van der Waals surface area contributed by atoms with Crippen molar-refractivity contribution in [2.24, 2.45) is 4.99 Å². The van der Waals surface area contributed by atoms with Crippen molar-refractivity contribution in [3.8, 4) is 0 Å². The van der Waals surface area contributed by atoms with Gasteiger partial charge in [-0.1, -0.05) is 19.3 Å². The average Bonchev–Trinajstić information content (AvgIpc) is 2.54. The van der Waals surface area contributed by atoms with E-state index in [1.165, 1.54) is 32.1 Å². The van der Waals surface area contributed by atoms with Crippen LogP contribution in [0, 0.1) is 0 Å². The number of likely N-dealkylation sites (tertiary alicyclic amines) is 1. The molecule has 24 heavy (non-hydrogen) atoms. The maximum Gasteiger partial charge on any atom is 0.390 e. The van der Waals surface area contributed by atoms with Crippen LogP contribution in [-0.2, 0) is 0 Å². The second-order valence-electron chi connectivity index (χ2n) is 6.63. The molecule has 1 unspecified atom stereocenters. The van der Waals surface area contributed by atoms with E-state index in [1.807, 2.05) is 0 Å². The van der Waals surface area contributed by atoms with E-state index in [0.29, 0.717) is 12.0 Å². The van der Waals surface area contributed by atoms with Gasteiger partial charge in [0.2, 0.25) is 0 Å². The summed E-state index contributed by atoms with van der Waals surface area (Å²) in [6, 6.07) is 0.955. The number of piperidine rings is 1. The van der Waals surface area contributed by atoms with Crippen LogP contribution in [0.5, 0.6) is 0 Å². The molecular weight excluding hydrogens is 432 g/mol. The topological polar surface area (TPSA) is 39.7 Å². The first-order valence-corrected chi connectivity index (χ1v) is 8.76. The van der Waals surface area contributed by atoms with Crippen LogP contribution in [0.25, 0.3) is 0 Å². The van der Waals surface area contributed by atoms with E-state index in [4.69, 9.17) is 0 Å². The lowest BCUT2D eigenvalue weighted by Gasteiger charge is -2.40. The lowest BCUT2D eigenvalue weighted by Crippen LogP contribution is -2.53. The third kappa shape index (κ3) is 7.76. The highest BCUT2D eigenvalue weighted by Crippen LogP contribution is 2.25. The summed E-state index contributed by atoms with van der Waals surface area (Å²) < 4.78 is 36.7. The smallest absolute Gasteiger partial charge is 0.356 e. The second-order valence-corrected chi connectivity index (χ2v) is 6.63. The zero-order chi connectivity index (χ0) is 16.7. The summed E-state index contributed by atoms with van der Waals surface area (Å²) in [6.45, 7) is 1.97. The summed E-state index contributed by atoms with van der Waals surface area (Å²) in [7, 11) is 1.60. The van der Waals surface area contributed by atoms with E-state index < -0.39 is 12.6 Å². The highest BCUT2D eigenvalue weighted by Gasteiger charge is 2.28. The van der Waals surface area contributed by atoms with Crippen molar-refractivity contribution in [2.75, 3.05) is 26.7 Å². The van der Waals surface area contributed by atoms with Gasteiger partial charge in [-0.3, -0.25) is 9.89 Å². The molecule has 0 spiro atoms. The third-order valence-corrected chi connectivity index (χ3v) is 4.81. The van der Waals surface area contributed by atoms with Gasteiger partial charge >= 0.3 is 6.18 Å². The van der Waals surface area contributed by atoms with Crippen molar-refractivity contribution in [2.45, 2.75) is 69.6 Å². The largest absolute Gasteiger partial charge is 0.390 e. The van der Waals surface area contributed by atoms with Crippen molar-refractivity contribution >= 4 is 29.9 Å². The number of hydrogen-bond acceptors (Lipinski definition) is 2. The molecule has 0 aromatic heterocycles. The van der Waals surface area contributed by atoms with E-state index in [-0.39, 0.29) is 36.6 Å². The van der Waals surface area contributed by atoms with Crippen molar-refractivity contribution in [1.82, 2.24) is 15.5 Å². The summed E-state index contributed by atoms with van der Waals surface area (Å²) in [5.74, 6) is 0.477. The maximum absolute atomic E-state index is 12.2. The molecule has 0 aromatic carbocycles. The van der Waals surface area contributed by atoms with Gasteiger partial charge in [-0.2, -0.15) is 13.2 Å². The summed E-state index contributed by atoms with van der Waals surface area (Å²) in [5.41, 5.74) is 0. The Morgan fingerprint density at radius 3 is 2.46 bits per heavy atom. The van der Waals surface area contributed by atoms with E-state index in [1.54, 1.807) is 7.05 Å². The molecule has 1 atom stereocenters. The molecule has 4 nitrogen and oxygen atoms in total. The number of nitrogens with zero attached hydrogens (tertiary/aromatic N) is 2. The van der Waals surface area contributed by atoms with Crippen LogP contribution in [0.15, 0.2) is 4.99 Å². The van der Waals surface area contributed by atoms with Crippen LogP contribution >= 0.6 is 24.0 Å². The molecule has 1 saturated carbocycles. The highest BCUT2D eigenvalue weighted by molar-refractivity contribution is 14.0. The molecule has 2 N–H and O–H groups in total. The molecule has 0 radical (unpaired) electrons. The third-order valence-electron chi connectivity index (χ3n) is 4.81. The van der Waals surface area contributed by atoms with Crippen molar-refractivity contribution in [3.63, 3.8) is 0 Å². The lowest BCUT2D eigenvalue weighted by atomic mass is 9.92.